The largest absolute Gasteiger partial charge is 0.489 e. The number of hydrogen-bond acceptors (Lipinski definition) is 2. The van der Waals surface area contributed by atoms with Gasteiger partial charge in [0.2, 0.25) is 0 Å². The molecule has 1 aliphatic carbocycles. The normalized spacial score (nSPS) is 23.4. The van der Waals surface area contributed by atoms with Crippen molar-refractivity contribution in [2.24, 2.45) is 11.8 Å². The predicted molar refractivity (Wildman–Crippen MR) is 81.8 cm³/mol. The Labute approximate surface area is 117 Å². The molecule has 1 saturated carbocycles. The van der Waals surface area contributed by atoms with Crippen molar-refractivity contribution in [2.75, 3.05) is 11.9 Å². The average molecular weight is 261 g/mol. The highest BCUT2D eigenvalue weighted by Crippen LogP contribution is 2.30. The molecule has 1 fully saturated rings. The number of ether oxygens (including phenoxy) is 1. The SMILES string of the molecule is CC1CCCC(CNc2ccccc2OC(C)C)C1. The molecule has 1 aromatic rings. The van der Waals surface area contributed by atoms with Crippen LogP contribution in [0.15, 0.2) is 24.3 Å². The summed E-state index contributed by atoms with van der Waals surface area (Å²) in [5.41, 5.74) is 1.13. The summed E-state index contributed by atoms with van der Waals surface area (Å²) >= 11 is 0. The van der Waals surface area contributed by atoms with Crippen LogP contribution in [-0.2, 0) is 0 Å². The molecule has 0 radical (unpaired) electrons. The number of rotatable bonds is 5. The maximum atomic E-state index is 5.84. The Morgan fingerprint density at radius 2 is 2.05 bits per heavy atom. The summed E-state index contributed by atoms with van der Waals surface area (Å²) in [6, 6.07) is 8.26. The smallest absolute Gasteiger partial charge is 0.142 e. The molecular weight excluding hydrogens is 234 g/mol. The summed E-state index contributed by atoms with van der Waals surface area (Å²) in [5, 5.41) is 3.58. The third-order valence-electron chi connectivity index (χ3n) is 3.88. The summed E-state index contributed by atoms with van der Waals surface area (Å²) in [4.78, 5) is 0. The van der Waals surface area contributed by atoms with Crippen LogP contribution in [0.4, 0.5) is 5.69 Å². The minimum Gasteiger partial charge on any atom is -0.489 e. The standard InChI is InChI=1S/C17H27NO/c1-13(2)19-17-10-5-4-9-16(17)18-12-15-8-6-7-14(3)11-15/h4-5,9-10,13-15,18H,6-8,11-12H2,1-3H3. The van der Waals surface area contributed by atoms with Gasteiger partial charge in [-0.05, 0) is 50.7 Å². The number of nitrogens with one attached hydrogen (secondary N) is 1. The van der Waals surface area contributed by atoms with Gasteiger partial charge < -0.3 is 10.1 Å². The Morgan fingerprint density at radius 1 is 1.26 bits per heavy atom. The van der Waals surface area contributed by atoms with Crippen LogP contribution in [0, 0.1) is 11.8 Å². The molecule has 0 saturated heterocycles. The molecule has 19 heavy (non-hydrogen) atoms. The van der Waals surface area contributed by atoms with Crippen molar-refractivity contribution in [2.45, 2.75) is 52.6 Å². The monoisotopic (exact) mass is 261 g/mol. The van der Waals surface area contributed by atoms with Crippen LogP contribution in [0.25, 0.3) is 0 Å². The van der Waals surface area contributed by atoms with Gasteiger partial charge in [0.15, 0.2) is 0 Å². The molecule has 0 amide bonds. The molecule has 0 bridgehead atoms. The minimum absolute atomic E-state index is 0.220. The third-order valence-corrected chi connectivity index (χ3v) is 3.88. The second-order valence-corrected chi connectivity index (χ2v) is 6.18. The summed E-state index contributed by atoms with van der Waals surface area (Å²) in [6.07, 6.45) is 5.74. The van der Waals surface area contributed by atoms with E-state index in [1.165, 1.54) is 25.7 Å². The van der Waals surface area contributed by atoms with Gasteiger partial charge >= 0.3 is 0 Å². The molecule has 2 heteroatoms. The summed E-state index contributed by atoms with van der Waals surface area (Å²) in [6.45, 7) is 7.59. The molecule has 0 aliphatic heterocycles. The molecule has 2 unspecified atom stereocenters. The molecular formula is C17H27NO. The molecule has 2 rings (SSSR count). The maximum Gasteiger partial charge on any atom is 0.142 e. The van der Waals surface area contributed by atoms with Crippen LogP contribution in [0.5, 0.6) is 5.75 Å². The Morgan fingerprint density at radius 3 is 2.79 bits per heavy atom. The van der Waals surface area contributed by atoms with Crippen LogP contribution < -0.4 is 10.1 Å². The number of hydrogen-bond donors (Lipinski definition) is 1. The van der Waals surface area contributed by atoms with E-state index < -0.39 is 0 Å². The van der Waals surface area contributed by atoms with Crippen molar-refractivity contribution >= 4 is 5.69 Å². The van der Waals surface area contributed by atoms with Crippen molar-refractivity contribution in [3.05, 3.63) is 24.3 Å². The lowest BCUT2D eigenvalue weighted by Crippen LogP contribution is -2.21. The quantitative estimate of drug-likeness (QED) is 0.828. The van der Waals surface area contributed by atoms with E-state index in [9.17, 15) is 0 Å². The van der Waals surface area contributed by atoms with Crippen molar-refractivity contribution in [1.29, 1.82) is 0 Å². The Kier molecular flexibility index (Phi) is 5.12. The van der Waals surface area contributed by atoms with E-state index >= 15 is 0 Å². The van der Waals surface area contributed by atoms with Crippen molar-refractivity contribution < 1.29 is 4.74 Å². The fourth-order valence-corrected chi connectivity index (χ4v) is 2.97. The fraction of sp³-hybridized carbons (Fsp3) is 0.647. The van der Waals surface area contributed by atoms with Gasteiger partial charge in [-0.1, -0.05) is 31.9 Å². The van der Waals surface area contributed by atoms with Crippen molar-refractivity contribution in [1.82, 2.24) is 0 Å². The zero-order valence-electron chi connectivity index (χ0n) is 12.5. The second kappa shape index (κ2) is 6.83. The zero-order chi connectivity index (χ0) is 13.7. The van der Waals surface area contributed by atoms with E-state index in [0.29, 0.717) is 0 Å². The molecule has 0 spiro atoms. The van der Waals surface area contributed by atoms with Gasteiger partial charge in [0.25, 0.3) is 0 Å². The summed E-state index contributed by atoms with van der Waals surface area (Å²) < 4.78 is 5.84. The number of benzene rings is 1. The first-order chi connectivity index (χ1) is 9.15. The first-order valence-electron chi connectivity index (χ1n) is 7.64. The van der Waals surface area contributed by atoms with Crippen molar-refractivity contribution in [3.8, 4) is 5.75 Å². The number of anilines is 1. The predicted octanol–water partition coefficient (Wildman–Crippen LogP) is 4.71. The van der Waals surface area contributed by atoms with E-state index in [1.807, 2.05) is 12.1 Å². The molecule has 0 aromatic heterocycles. The van der Waals surface area contributed by atoms with Gasteiger partial charge in [-0.25, -0.2) is 0 Å². The lowest BCUT2D eigenvalue weighted by atomic mass is 9.82. The van der Waals surface area contributed by atoms with E-state index in [1.54, 1.807) is 0 Å². The van der Waals surface area contributed by atoms with Crippen LogP contribution in [-0.4, -0.2) is 12.6 Å². The molecule has 2 nitrogen and oxygen atoms in total. The first-order valence-corrected chi connectivity index (χ1v) is 7.64. The first kappa shape index (κ1) is 14.2. The minimum atomic E-state index is 0.220. The third kappa shape index (κ3) is 4.45. The highest BCUT2D eigenvalue weighted by molar-refractivity contribution is 5.56. The highest BCUT2D eigenvalue weighted by atomic mass is 16.5. The van der Waals surface area contributed by atoms with E-state index in [-0.39, 0.29) is 6.10 Å². The van der Waals surface area contributed by atoms with Gasteiger partial charge in [-0.2, -0.15) is 0 Å². The number of para-hydroxylation sites is 2. The van der Waals surface area contributed by atoms with E-state index in [4.69, 9.17) is 4.74 Å². The summed E-state index contributed by atoms with van der Waals surface area (Å²) in [5.74, 6) is 2.68. The topological polar surface area (TPSA) is 21.3 Å². The van der Waals surface area contributed by atoms with Gasteiger partial charge in [0.05, 0.1) is 11.8 Å². The van der Waals surface area contributed by atoms with Crippen molar-refractivity contribution in [3.63, 3.8) is 0 Å². The lowest BCUT2D eigenvalue weighted by molar-refractivity contribution is 0.243. The fourth-order valence-electron chi connectivity index (χ4n) is 2.97. The van der Waals surface area contributed by atoms with Gasteiger partial charge in [-0.3, -0.25) is 0 Å². The van der Waals surface area contributed by atoms with Gasteiger partial charge in [-0.15, -0.1) is 0 Å². The molecule has 0 heterocycles. The van der Waals surface area contributed by atoms with E-state index in [2.05, 4.69) is 38.2 Å². The Balaban J connectivity index is 1.91. The van der Waals surface area contributed by atoms with Gasteiger partial charge in [0, 0.05) is 6.54 Å². The Bertz CT molecular complexity index is 389. The molecule has 1 N–H and O–H groups in total. The maximum absolute atomic E-state index is 5.84. The average Bonchev–Trinajstić information content (AvgIpc) is 2.37. The van der Waals surface area contributed by atoms with Crippen LogP contribution >= 0.6 is 0 Å². The van der Waals surface area contributed by atoms with E-state index in [0.717, 1.165) is 29.8 Å². The van der Waals surface area contributed by atoms with Crippen LogP contribution in [0.1, 0.15) is 46.5 Å². The lowest BCUT2D eigenvalue weighted by Gasteiger charge is -2.27. The molecule has 106 valence electrons. The molecule has 2 atom stereocenters. The second-order valence-electron chi connectivity index (χ2n) is 6.18. The van der Waals surface area contributed by atoms with Gasteiger partial charge in [0.1, 0.15) is 5.75 Å². The van der Waals surface area contributed by atoms with Crippen LogP contribution in [0.3, 0.4) is 0 Å². The summed E-state index contributed by atoms with van der Waals surface area (Å²) in [7, 11) is 0. The Hall–Kier alpha value is -1.18. The van der Waals surface area contributed by atoms with Crippen LogP contribution in [0.2, 0.25) is 0 Å². The molecule has 1 aliphatic rings. The molecule has 1 aromatic carbocycles. The zero-order valence-corrected chi connectivity index (χ0v) is 12.5. The highest BCUT2D eigenvalue weighted by Gasteiger charge is 2.18.